The van der Waals surface area contributed by atoms with E-state index in [-0.39, 0.29) is 6.03 Å². The van der Waals surface area contributed by atoms with Crippen molar-refractivity contribution in [1.82, 2.24) is 15.1 Å². The molecule has 2 amide bonds. The molecule has 7 heteroatoms. The van der Waals surface area contributed by atoms with Crippen molar-refractivity contribution in [3.63, 3.8) is 0 Å². The molecule has 0 radical (unpaired) electrons. The average molecular weight is 330 g/mol. The van der Waals surface area contributed by atoms with Crippen LogP contribution in [0.4, 0.5) is 10.6 Å². The Kier molecular flexibility index (Phi) is 5.00. The predicted molar refractivity (Wildman–Crippen MR) is 90.8 cm³/mol. The van der Waals surface area contributed by atoms with E-state index < -0.39 is 0 Å². The molecule has 2 aromatic rings. The van der Waals surface area contributed by atoms with E-state index in [9.17, 15) is 4.79 Å². The molecule has 2 N–H and O–H groups in total. The lowest BCUT2D eigenvalue weighted by atomic mass is 10.1. The monoisotopic (exact) mass is 330 g/mol. The molecule has 128 valence electrons. The minimum Gasteiger partial charge on any atom is -0.497 e. The van der Waals surface area contributed by atoms with Gasteiger partial charge < -0.3 is 14.8 Å². The number of carbonyl (C=O) groups is 1. The third-order valence-electron chi connectivity index (χ3n) is 3.97. The van der Waals surface area contributed by atoms with Crippen LogP contribution in [0.3, 0.4) is 0 Å². The van der Waals surface area contributed by atoms with Crippen molar-refractivity contribution in [1.29, 1.82) is 0 Å². The Balaban J connectivity index is 1.67. The van der Waals surface area contributed by atoms with Gasteiger partial charge in [-0.05, 0) is 37.6 Å². The minimum absolute atomic E-state index is 0.239. The fourth-order valence-electron chi connectivity index (χ4n) is 2.65. The molecule has 24 heavy (non-hydrogen) atoms. The van der Waals surface area contributed by atoms with Crippen LogP contribution in [0, 0.1) is 12.8 Å². The van der Waals surface area contributed by atoms with E-state index >= 15 is 0 Å². The number of nitrogens with one attached hydrogen (secondary N) is 2. The Labute approximate surface area is 140 Å². The third-order valence-corrected chi connectivity index (χ3v) is 3.97. The largest absolute Gasteiger partial charge is 0.497 e. The number of ether oxygens (including phenoxy) is 2. The van der Waals surface area contributed by atoms with Crippen molar-refractivity contribution in [2.24, 2.45) is 5.92 Å². The van der Waals surface area contributed by atoms with Crippen LogP contribution in [0.25, 0.3) is 5.69 Å². The molecule has 3 rings (SSSR count). The van der Waals surface area contributed by atoms with E-state index in [2.05, 4.69) is 15.7 Å². The summed E-state index contributed by atoms with van der Waals surface area (Å²) < 4.78 is 12.2. The van der Waals surface area contributed by atoms with Crippen LogP contribution in [0.2, 0.25) is 0 Å². The Morgan fingerprint density at radius 3 is 2.88 bits per heavy atom. The fraction of sp³-hybridized carbons (Fsp3) is 0.412. The highest BCUT2D eigenvalue weighted by Gasteiger charge is 2.17. The highest BCUT2D eigenvalue weighted by Crippen LogP contribution is 2.20. The van der Waals surface area contributed by atoms with Crippen molar-refractivity contribution in [3.05, 3.63) is 36.0 Å². The summed E-state index contributed by atoms with van der Waals surface area (Å²) in [6, 6.07) is 9.10. The Bertz CT molecular complexity index is 690. The van der Waals surface area contributed by atoms with Crippen molar-refractivity contribution < 1.29 is 14.3 Å². The number of methoxy groups -OCH3 is 1. The fourth-order valence-corrected chi connectivity index (χ4v) is 2.65. The average Bonchev–Trinajstić information content (AvgIpc) is 3.23. The van der Waals surface area contributed by atoms with E-state index in [0.29, 0.717) is 24.9 Å². The zero-order chi connectivity index (χ0) is 16.9. The minimum atomic E-state index is -0.239. The second-order valence-electron chi connectivity index (χ2n) is 5.85. The number of hydrogen-bond donors (Lipinski definition) is 2. The number of benzene rings is 1. The van der Waals surface area contributed by atoms with E-state index in [0.717, 1.165) is 30.2 Å². The number of carbonyl (C=O) groups excluding carboxylic acids is 1. The first-order valence-electron chi connectivity index (χ1n) is 7.99. The first kappa shape index (κ1) is 16.3. The normalized spacial score (nSPS) is 16.8. The van der Waals surface area contributed by atoms with Gasteiger partial charge in [-0.3, -0.25) is 5.32 Å². The zero-order valence-corrected chi connectivity index (χ0v) is 13.9. The summed E-state index contributed by atoms with van der Waals surface area (Å²) in [5.41, 5.74) is 1.67. The smallest absolute Gasteiger partial charge is 0.320 e. The number of aryl methyl sites for hydroxylation is 1. The van der Waals surface area contributed by atoms with E-state index in [1.807, 2.05) is 37.3 Å². The summed E-state index contributed by atoms with van der Waals surface area (Å²) >= 11 is 0. The topological polar surface area (TPSA) is 77.4 Å². The van der Waals surface area contributed by atoms with Gasteiger partial charge in [0.15, 0.2) is 0 Å². The maximum atomic E-state index is 12.1. The number of amides is 2. The second kappa shape index (κ2) is 7.35. The van der Waals surface area contributed by atoms with Gasteiger partial charge in [0.1, 0.15) is 11.6 Å². The van der Waals surface area contributed by atoms with Gasteiger partial charge in [-0.25, -0.2) is 9.48 Å². The lowest BCUT2D eigenvalue weighted by Crippen LogP contribution is -2.33. The van der Waals surface area contributed by atoms with Crippen LogP contribution in [0.15, 0.2) is 30.3 Å². The first-order valence-corrected chi connectivity index (χ1v) is 7.99. The van der Waals surface area contributed by atoms with Crippen LogP contribution in [0.1, 0.15) is 12.1 Å². The highest BCUT2D eigenvalue weighted by atomic mass is 16.5. The Hall–Kier alpha value is -2.54. The van der Waals surface area contributed by atoms with Gasteiger partial charge >= 0.3 is 6.03 Å². The van der Waals surface area contributed by atoms with Crippen LogP contribution < -0.4 is 15.4 Å². The van der Waals surface area contributed by atoms with Crippen molar-refractivity contribution >= 4 is 11.8 Å². The molecule has 0 saturated carbocycles. The molecule has 1 aromatic carbocycles. The lowest BCUT2D eigenvalue weighted by Gasteiger charge is -2.12. The van der Waals surface area contributed by atoms with Crippen molar-refractivity contribution in [3.8, 4) is 11.4 Å². The van der Waals surface area contributed by atoms with E-state index in [4.69, 9.17) is 9.47 Å². The standard InChI is InChI=1S/C17H22N4O3/c1-12-9-16(19-17(22)18-10-13-7-8-24-11-13)21(20-12)14-3-5-15(23-2)6-4-14/h3-6,9,13H,7-8,10-11H2,1-2H3,(H2,18,19,22)/t13-/m1/s1. The van der Waals surface area contributed by atoms with Crippen molar-refractivity contribution in [2.75, 3.05) is 32.2 Å². The van der Waals surface area contributed by atoms with Crippen LogP contribution in [-0.4, -0.2) is 42.7 Å². The van der Waals surface area contributed by atoms with Gasteiger partial charge in [0, 0.05) is 25.1 Å². The molecular formula is C17H22N4O3. The second-order valence-corrected chi connectivity index (χ2v) is 5.85. The summed E-state index contributed by atoms with van der Waals surface area (Å²) in [5.74, 6) is 1.79. The number of urea groups is 1. The summed E-state index contributed by atoms with van der Waals surface area (Å²) in [5, 5.41) is 10.2. The van der Waals surface area contributed by atoms with E-state index in [1.54, 1.807) is 11.8 Å². The molecule has 1 aliphatic heterocycles. The lowest BCUT2D eigenvalue weighted by molar-refractivity contribution is 0.185. The summed E-state index contributed by atoms with van der Waals surface area (Å²) in [7, 11) is 1.62. The van der Waals surface area contributed by atoms with Gasteiger partial charge in [-0.15, -0.1) is 0 Å². The quantitative estimate of drug-likeness (QED) is 0.882. The molecule has 0 spiro atoms. The zero-order valence-electron chi connectivity index (χ0n) is 13.9. The molecule has 1 fully saturated rings. The number of nitrogens with zero attached hydrogens (tertiary/aromatic N) is 2. The first-order chi connectivity index (χ1) is 11.7. The molecule has 0 aliphatic carbocycles. The Morgan fingerprint density at radius 2 is 2.21 bits per heavy atom. The van der Waals surface area contributed by atoms with Crippen LogP contribution in [-0.2, 0) is 4.74 Å². The molecule has 1 aromatic heterocycles. The van der Waals surface area contributed by atoms with Gasteiger partial charge in [-0.2, -0.15) is 5.10 Å². The van der Waals surface area contributed by atoms with Gasteiger partial charge in [0.2, 0.25) is 0 Å². The third kappa shape index (κ3) is 3.86. The molecule has 1 saturated heterocycles. The number of rotatable bonds is 5. The molecule has 2 heterocycles. The SMILES string of the molecule is COc1ccc(-n2nc(C)cc2NC(=O)NC[C@H]2CCOC2)cc1. The maximum Gasteiger partial charge on any atom is 0.320 e. The van der Waals surface area contributed by atoms with Crippen molar-refractivity contribution in [2.45, 2.75) is 13.3 Å². The Morgan fingerprint density at radius 1 is 1.42 bits per heavy atom. The van der Waals surface area contributed by atoms with Crippen LogP contribution >= 0.6 is 0 Å². The number of aromatic nitrogens is 2. The maximum absolute atomic E-state index is 12.1. The molecule has 1 atom stereocenters. The molecule has 0 unspecified atom stereocenters. The van der Waals surface area contributed by atoms with Gasteiger partial charge in [0.05, 0.1) is 25.1 Å². The summed E-state index contributed by atoms with van der Waals surface area (Å²) in [6.07, 6.45) is 0.989. The highest BCUT2D eigenvalue weighted by molar-refractivity contribution is 5.88. The van der Waals surface area contributed by atoms with Gasteiger partial charge in [0.25, 0.3) is 0 Å². The molecule has 7 nitrogen and oxygen atoms in total. The predicted octanol–water partition coefficient (Wildman–Crippen LogP) is 2.35. The molecule has 0 bridgehead atoms. The van der Waals surface area contributed by atoms with E-state index in [1.165, 1.54) is 0 Å². The summed E-state index contributed by atoms with van der Waals surface area (Å²) in [6.45, 7) is 3.99. The van der Waals surface area contributed by atoms with Gasteiger partial charge in [-0.1, -0.05) is 0 Å². The molecule has 1 aliphatic rings. The number of hydrogen-bond acceptors (Lipinski definition) is 4. The summed E-state index contributed by atoms with van der Waals surface area (Å²) in [4.78, 5) is 12.1. The number of anilines is 1. The van der Waals surface area contributed by atoms with Crippen LogP contribution in [0.5, 0.6) is 5.75 Å². The molecular weight excluding hydrogens is 308 g/mol.